The zero-order valence-corrected chi connectivity index (χ0v) is 11.8. The number of nitrogens with one attached hydrogen (secondary N) is 1. The third kappa shape index (κ3) is 2.53. The lowest BCUT2D eigenvalue weighted by Crippen LogP contribution is -2.12. The smallest absolute Gasteiger partial charge is 0.294 e. The minimum Gasteiger partial charge on any atom is -0.396 e. The molecule has 0 aliphatic carbocycles. The van der Waals surface area contributed by atoms with E-state index in [0.717, 1.165) is 0 Å². The maximum Gasteiger partial charge on any atom is 0.294 e. The molecule has 3 N–H and O–H groups in total. The molecule has 0 saturated carbocycles. The minimum absolute atomic E-state index is 0.114. The summed E-state index contributed by atoms with van der Waals surface area (Å²) in [4.78, 5) is 16.2. The Morgan fingerprint density at radius 1 is 1.38 bits per heavy atom. The Hall–Kier alpha value is -2.60. The second-order valence-corrected chi connectivity index (χ2v) is 4.97. The lowest BCUT2D eigenvalue weighted by Gasteiger charge is -2.09. The molecule has 0 aliphatic heterocycles. The summed E-state index contributed by atoms with van der Waals surface area (Å²) in [5, 5.41) is 7.60. The van der Waals surface area contributed by atoms with Crippen molar-refractivity contribution in [2.75, 3.05) is 11.1 Å². The van der Waals surface area contributed by atoms with Crippen molar-refractivity contribution < 1.29 is 9.32 Å². The van der Waals surface area contributed by atoms with Crippen LogP contribution < -0.4 is 11.1 Å². The number of benzene rings is 1. The fourth-order valence-corrected chi connectivity index (χ4v) is 2.11. The van der Waals surface area contributed by atoms with Gasteiger partial charge in [-0.2, -0.15) is 0 Å². The van der Waals surface area contributed by atoms with E-state index in [1.807, 2.05) is 0 Å². The molecule has 0 aliphatic rings. The highest BCUT2D eigenvalue weighted by molar-refractivity contribution is 6.31. The number of aromatic nitrogens is 2. The third-order valence-electron chi connectivity index (χ3n) is 2.97. The van der Waals surface area contributed by atoms with E-state index in [0.29, 0.717) is 33.0 Å². The van der Waals surface area contributed by atoms with Crippen molar-refractivity contribution in [1.82, 2.24) is 10.1 Å². The van der Waals surface area contributed by atoms with E-state index >= 15 is 0 Å². The first-order valence-electron chi connectivity index (χ1n) is 6.13. The molecule has 21 heavy (non-hydrogen) atoms. The van der Waals surface area contributed by atoms with Gasteiger partial charge in [0.2, 0.25) is 5.76 Å². The number of hydrogen-bond acceptors (Lipinski definition) is 5. The van der Waals surface area contributed by atoms with Crippen molar-refractivity contribution >= 4 is 39.8 Å². The molecule has 0 saturated heterocycles. The van der Waals surface area contributed by atoms with Gasteiger partial charge in [0.15, 0.2) is 0 Å². The normalized spacial score (nSPS) is 10.8. The van der Waals surface area contributed by atoms with E-state index in [1.165, 1.54) is 6.20 Å². The van der Waals surface area contributed by atoms with Crippen LogP contribution in [0.5, 0.6) is 0 Å². The molecule has 2 aromatic heterocycles. The first-order chi connectivity index (χ1) is 10.0. The maximum atomic E-state index is 12.0. The van der Waals surface area contributed by atoms with E-state index in [9.17, 15) is 4.79 Å². The highest BCUT2D eigenvalue weighted by atomic mass is 35.5. The molecule has 0 spiro atoms. The zero-order valence-electron chi connectivity index (χ0n) is 11.1. The fourth-order valence-electron chi connectivity index (χ4n) is 1.94. The minimum atomic E-state index is -0.433. The molecular weight excluding hydrogens is 292 g/mol. The molecule has 3 rings (SSSR count). The Balaban J connectivity index is 1.96. The van der Waals surface area contributed by atoms with Gasteiger partial charge in [-0.25, -0.2) is 0 Å². The Bertz CT molecular complexity index is 844. The van der Waals surface area contributed by atoms with Gasteiger partial charge in [-0.05, 0) is 25.1 Å². The number of fused-ring (bicyclic) bond motifs is 1. The number of nitrogens with two attached hydrogens (primary N) is 1. The van der Waals surface area contributed by atoms with Crippen molar-refractivity contribution in [3.8, 4) is 0 Å². The first kappa shape index (κ1) is 13.4. The van der Waals surface area contributed by atoms with Gasteiger partial charge in [0.1, 0.15) is 0 Å². The number of carbonyl (C=O) groups excluding carboxylic acids is 1. The van der Waals surface area contributed by atoms with Crippen LogP contribution in [0.1, 0.15) is 16.2 Å². The highest BCUT2D eigenvalue weighted by Crippen LogP contribution is 2.28. The Morgan fingerprint density at radius 2 is 2.19 bits per heavy atom. The number of carbonyl (C=O) groups is 1. The van der Waals surface area contributed by atoms with Crippen molar-refractivity contribution in [1.29, 1.82) is 0 Å². The number of anilines is 2. The topological polar surface area (TPSA) is 94.0 Å². The van der Waals surface area contributed by atoms with Crippen LogP contribution in [0, 0.1) is 6.92 Å². The monoisotopic (exact) mass is 302 g/mol. The van der Waals surface area contributed by atoms with Crippen LogP contribution in [0.2, 0.25) is 5.02 Å². The number of hydrogen-bond donors (Lipinski definition) is 2. The summed E-state index contributed by atoms with van der Waals surface area (Å²) in [6.45, 7) is 1.73. The maximum absolute atomic E-state index is 12.0. The molecule has 0 fully saturated rings. The lowest BCUT2D eigenvalue weighted by atomic mass is 10.1. The van der Waals surface area contributed by atoms with E-state index in [1.54, 1.807) is 31.2 Å². The predicted molar refractivity (Wildman–Crippen MR) is 80.4 cm³/mol. The van der Waals surface area contributed by atoms with Gasteiger partial charge in [0, 0.05) is 16.5 Å². The van der Waals surface area contributed by atoms with E-state index < -0.39 is 5.91 Å². The van der Waals surface area contributed by atoms with Crippen molar-refractivity contribution in [3.05, 3.63) is 46.9 Å². The van der Waals surface area contributed by atoms with Gasteiger partial charge in [0.25, 0.3) is 5.91 Å². The zero-order chi connectivity index (χ0) is 15.0. The van der Waals surface area contributed by atoms with E-state index in [4.69, 9.17) is 21.9 Å². The number of nitrogens with zero attached hydrogens (tertiary/aromatic N) is 2. The summed E-state index contributed by atoms with van der Waals surface area (Å²) in [5.74, 6) is -0.319. The Labute approximate surface area is 124 Å². The van der Waals surface area contributed by atoms with Crippen molar-refractivity contribution in [2.45, 2.75) is 6.92 Å². The summed E-state index contributed by atoms with van der Waals surface area (Å²) >= 11 is 5.91. The number of amides is 1. The average molecular weight is 303 g/mol. The summed E-state index contributed by atoms with van der Waals surface area (Å²) < 4.78 is 4.90. The van der Waals surface area contributed by atoms with Crippen molar-refractivity contribution in [2.24, 2.45) is 0 Å². The van der Waals surface area contributed by atoms with Crippen LogP contribution >= 0.6 is 11.6 Å². The van der Waals surface area contributed by atoms with Crippen LogP contribution in [0.3, 0.4) is 0 Å². The largest absolute Gasteiger partial charge is 0.396 e. The molecule has 0 unspecified atom stereocenters. The summed E-state index contributed by atoms with van der Waals surface area (Å²) in [6.07, 6.45) is 1.48. The van der Waals surface area contributed by atoms with Gasteiger partial charge >= 0.3 is 0 Å². The number of aryl methyl sites for hydroxylation is 1. The van der Waals surface area contributed by atoms with Gasteiger partial charge in [-0.3, -0.25) is 9.78 Å². The SMILES string of the molecule is Cc1cc(C(=O)Nc2cnc3cc(Cl)ccc3c2N)on1. The van der Waals surface area contributed by atoms with Crippen LogP contribution in [0.25, 0.3) is 10.9 Å². The molecule has 1 aromatic carbocycles. The molecule has 7 heteroatoms. The molecule has 0 radical (unpaired) electrons. The number of nitrogen functional groups attached to an aromatic ring is 1. The summed E-state index contributed by atoms with van der Waals surface area (Å²) in [6, 6.07) is 6.72. The molecule has 2 heterocycles. The number of rotatable bonds is 2. The molecule has 106 valence electrons. The molecule has 0 bridgehead atoms. The Morgan fingerprint density at radius 3 is 2.90 bits per heavy atom. The third-order valence-corrected chi connectivity index (χ3v) is 3.21. The van der Waals surface area contributed by atoms with Crippen LogP contribution in [0.15, 0.2) is 35.0 Å². The van der Waals surface area contributed by atoms with Crippen LogP contribution in [-0.2, 0) is 0 Å². The quantitative estimate of drug-likeness (QED) is 0.759. The van der Waals surface area contributed by atoms with E-state index in [2.05, 4.69) is 15.5 Å². The highest BCUT2D eigenvalue weighted by Gasteiger charge is 2.14. The first-order valence-corrected chi connectivity index (χ1v) is 6.51. The van der Waals surface area contributed by atoms with Gasteiger partial charge in [-0.1, -0.05) is 16.8 Å². The molecule has 0 atom stereocenters. The lowest BCUT2D eigenvalue weighted by molar-refractivity contribution is 0.0988. The van der Waals surface area contributed by atoms with Crippen LogP contribution in [0.4, 0.5) is 11.4 Å². The van der Waals surface area contributed by atoms with Gasteiger partial charge in [-0.15, -0.1) is 0 Å². The van der Waals surface area contributed by atoms with Crippen molar-refractivity contribution in [3.63, 3.8) is 0 Å². The summed E-state index contributed by atoms with van der Waals surface area (Å²) in [5.41, 5.74) is 8.17. The standard InChI is InChI=1S/C14H11ClN4O2/c1-7-4-12(21-19-7)14(20)18-11-6-17-10-5-8(15)2-3-9(10)13(11)16/h2-6H,1H3,(H2,16,17)(H,18,20). The van der Waals surface area contributed by atoms with Crippen LogP contribution in [-0.4, -0.2) is 16.0 Å². The fraction of sp³-hybridized carbons (Fsp3) is 0.0714. The molecule has 1 amide bonds. The Kier molecular flexibility index (Phi) is 3.23. The van der Waals surface area contributed by atoms with Gasteiger partial charge in [0.05, 0.1) is 28.8 Å². The summed E-state index contributed by atoms with van der Waals surface area (Å²) in [7, 11) is 0. The predicted octanol–water partition coefficient (Wildman–Crippen LogP) is 3.02. The molecule has 3 aromatic rings. The van der Waals surface area contributed by atoms with Gasteiger partial charge < -0.3 is 15.6 Å². The number of pyridine rings is 1. The molecule has 6 nitrogen and oxygen atoms in total. The second kappa shape index (κ2) is 5.06. The van der Waals surface area contributed by atoms with E-state index in [-0.39, 0.29) is 5.76 Å². The average Bonchev–Trinajstić information content (AvgIpc) is 2.88. The number of halogens is 1. The second-order valence-electron chi connectivity index (χ2n) is 4.53. The molecular formula is C14H11ClN4O2.